The number of amides is 3. The average molecular weight is 422 g/mol. The van der Waals surface area contributed by atoms with Crippen molar-refractivity contribution in [2.45, 2.75) is 6.42 Å². The van der Waals surface area contributed by atoms with Gasteiger partial charge in [0.25, 0.3) is 0 Å². The SMILES string of the molecule is O=C(CN1C(=O)[C@@H]2[C@H](C1=O)[C@H]1C=C[C@H]2C1)Nc1cccc(I)c1. The molecule has 1 N–H and O–H groups in total. The molecule has 23 heavy (non-hydrogen) atoms. The quantitative estimate of drug-likeness (QED) is 0.461. The highest BCUT2D eigenvalue weighted by molar-refractivity contribution is 14.1. The molecule has 0 spiro atoms. The van der Waals surface area contributed by atoms with Crippen molar-refractivity contribution < 1.29 is 14.4 Å². The van der Waals surface area contributed by atoms with Gasteiger partial charge in [-0.05, 0) is 59.0 Å². The van der Waals surface area contributed by atoms with Crippen molar-refractivity contribution in [3.63, 3.8) is 0 Å². The van der Waals surface area contributed by atoms with Crippen molar-refractivity contribution in [2.75, 3.05) is 11.9 Å². The molecule has 1 aromatic carbocycles. The Kier molecular flexibility index (Phi) is 3.51. The van der Waals surface area contributed by atoms with Crippen molar-refractivity contribution in [2.24, 2.45) is 23.7 Å². The number of fused-ring (bicyclic) bond motifs is 5. The Bertz CT molecular complexity index is 715. The van der Waals surface area contributed by atoms with Gasteiger partial charge in [-0.1, -0.05) is 18.2 Å². The lowest BCUT2D eigenvalue weighted by Gasteiger charge is -2.16. The van der Waals surface area contributed by atoms with E-state index < -0.39 is 0 Å². The predicted molar refractivity (Wildman–Crippen MR) is 92.2 cm³/mol. The molecule has 5 nitrogen and oxygen atoms in total. The Morgan fingerprint density at radius 1 is 1.17 bits per heavy atom. The molecule has 3 aliphatic rings. The van der Waals surface area contributed by atoms with Crippen LogP contribution in [0.5, 0.6) is 0 Å². The molecule has 0 radical (unpaired) electrons. The first-order valence-corrected chi connectivity index (χ1v) is 8.71. The van der Waals surface area contributed by atoms with Gasteiger partial charge in [-0.3, -0.25) is 19.3 Å². The fraction of sp³-hybridized carbons (Fsp3) is 0.353. The third-order valence-corrected chi connectivity index (χ3v) is 5.64. The van der Waals surface area contributed by atoms with Crippen LogP contribution in [-0.4, -0.2) is 29.2 Å². The van der Waals surface area contributed by atoms with E-state index in [9.17, 15) is 14.4 Å². The van der Waals surface area contributed by atoms with Crippen LogP contribution in [0.25, 0.3) is 0 Å². The second-order valence-electron chi connectivity index (χ2n) is 6.32. The summed E-state index contributed by atoms with van der Waals surface area (Å²) in [5.74, 6) is -0.861. The lowest BCUT2D eigenvalue weighted by Crippen LogP contribution is -2.39. The van der Waals surface area contributed by atoms with Gasteiger partial charge in [0, 0.05) is 9.26 Å². The number of likely N-dealkylation sites (tertiary alicyclic amines) is 1. The summed E-state index contributed by atoms with van der Waals surface area (Å²) in [5, 5.41) is 2.75. The zero-order valence-corrected chi connectivity index (χ0v) is 14.4. The van der Waals surface area contributed by atoms with Gasteiger partial charge in [-0.2, -0.15) is 0 Å². The summed E-state index contributed by atoms with van der Waals surface area (Å²) in [7, 11) is 0. The fourth-order valence-corrected chi connectivity index (χ4v) is 4.57. The van der Waals surface area contributed by atoms with Crippen molar-refractivity contribution in [3.05, 3.63) is 40.0 Å². The maximum atomic E-state index is 12.5. The molecular formula is C17H15IN2O3. The number of benzene rings is 1. The van der Waals surface area contributed by atoms with E-state index in [1.165, 1.54) is 0 Å². The van der Waals surface area contributed by atoms with Crippen molar-refractivity contribution in [3.8, 4) is 0 Å². The maximum absolute atomic E-state index is 12.5. The maximum Gasteiger partial charge on any atom is 0.244 e. The van der Waals surface area contributed by atoms with Crippen LogP contribution in [0.1, 0.15) is 6.42 Å². The standard InChI is InChI=1S/C17H15IN2O3/c18-11-2-1-3-12(7-11)19-13(21)8-20-16(22)14-9-4-5-10(6-9)15(14)17(20)23/h1-5,7,9-10,14-15H,6,8H2,(H,19,21)/t9-,10-,14-,15+/m0/s1. The van der Waals surface area contributed by atoms with Gasteiger partial charge in [-0.15, -0.1) is 0 Å². The smallest absolute Gasteiger partial charge is 0.244 e. The van der Waals surface area contributed by atoms with Crippen LogP contribution in [0.2, 0.25) is 0 Å². The molecule has 3 amide bonds. The van der Waals surface area contributed by atoms with Gasteiger partial charge >= 0.3 is 0 Å². The minimum atomic E-state index is -0.339. The molecular weight excluding hydrogens is 407 g/mol. The Labute approximate surface area is 147 Å². The number of carbonyl (C=O) groups is 3. The monoisotopic (exact) mass is 422 g/mol. The van der Waals surface area contributed by atoms with E-state index in [1.54, 1.807) is 6.07 Å². The third-order valence-electron chi connectivity index (χ3n) is 4.97. The largest absolute Gasteiger partial charge is 0.324 e. The molecule has 2 fully saturated rings. The molecule has 1 aliphatic heterocycles. The second kappa shape index (κ2) is 5.43. The first kappa shape index (κ1) is 14.9. The van der Waals surface area contributed by atoms with Crippen LogP contribution >= 0.6 is 22.6 Å². The first-order chi connectivity index (χ1) is 11.0. The molecule has 2 aliphatic carbocycles. The summed E-state index contributed by atoms with van der Waals surface area (Å²) < 4.78 is 1.01. The summed E-state index contributed by atoms with van der Waals surface area (Å²) in [6.07, 6.45) is 4.99. The molecule has 4 atom stereocenters. The van der Waals surface area contributed by atoms with E-state index in [1.807, 2.05) is 30.4 Å². The number of nitrogens with one attached hydrogen (secondary N) is 1. The molecule has 1 saturated heterocycles. The van der Waals surface area contributed by atoms with Crippen LogP contribution in [0.4, 0.5) is 5.69 Å². The van der Waals surface area contributed by atoms with Crippen molar-refractivity contribution >= 4 is 46.0 Å². The summed E-state index contributed by atoms with van der Waals surface area (Å²) in [6.45, 7) is -0.199. The van der Waals surface area contributed by atoms with Gasteiger partial charge < -0.3 is 5.32 Å². The van der Waals surface area contributed by atoms with E-state index in [2.05, 4.69) is 27.9 Å². The van der Waals surface area contributed by atoms with E-state index in [0.717, 1.165) is 14.9 Å². The lowest BCUT2D eigenvalue weighted by molar-refractivity contribution is -0.143. The third kappa shape index (κ3) is 2.39. The van der Waals surface area contributed by atoms with Crippen molar-refractivity contribution in [1.82, 2.24) is 4.90 Å². The van der Waals surface area contributed by atoms with Crippen LogP contribution in [-0.2, 0) is 14.4 Å². The van der Waals surface area contributed by atoms with E-state index in [-0.39, 0.29) is 47.9 Å². The van der Waals surface area contributed by atoms with Gasteiger partial charge in [-0.25, -0.2) is 0 Å². The van der Waals surface area contributed by atoms with Gasteiger partial charge in [0.15, 0.2) is 0 Å². The molecule has 1 saturated carbocycles. The Morgan fingerprint density at radius 2 is 1.83 bits per heavy atom. The number of nitrogens with zero attached hydrogens (tertiary/aromatic N) is 1. The second-order valence-corrected chi connectivity index (χ2v) is 7.57. The Hall–Kier alpha value is -1.70. The zero-order chi connectivity index (χ0) is 16.1. The van der Waals surface area contributed by atoms with Crippen LogP contribution in [0, 0.1) is 27.2 Å². The Morgan fingerprint density at radius 3 is 2.43 bits per heavy atom. The minimum Gasteiger partial charge on any atom is -0.324 e. The number of anilines is 1. The lowest BCUT2D eigenvalue weighted by atomic mass is 9.85. The number of hydrogen-bond donors (Lipinski definition) is 1. The summed E-state index contributed by atoms with van der Waals surface area (Å²) in [4.78, 5) is 38.4. The molecule has 0 aromatic heterocycles. The highest BCUT2D eigenvalue weighted by atomic mass is 127. The molecule has 1 aromatic rings. The summed E-state index contributed by atoms with van der Waals surface area (Å²) in [5.41, 5.74) is 0.669. The number of carbonyl (C=O) groups excluding carboxylic acids is 3. The van der Waals surface area contributed by atoms with E-state index in [0.29, 0.717) is 5.69 Å². The number of hydrogen-bond acceptors (Lipinski definition) is 3. The molecule has 1 heterocycles. The van der Waals surface area contributed by atoms with E-state index in [4.69, 9.17) is 0 Å². The summed E-state index contributed by atoms with van der Waals surface area (Å²) >= 11 is 2.16. The van der Waals surface area contributed by atoms with Gasteiger partial charge in [0.2, 0.25) is 17.7 Å². The van der Waals surface area contributed by atoms with Crippen LogP contribution in [0.15, 0.2) is 36.4 Å². The van der Waals surface area contributed by atoms with Gasteiger partial charge in [0.05, 0.1) is 11.8 Å². The number of rotatable bonds is 3. The highest BCUT2D eigenvalue weighted by Gasteiger charge is 2.59. The zero-order valence-electron chi connectivity index (χ0n) is 12.2. The fourth-order valence-electron chi connectivity index (χ4n) is 4.03. The Balaban J connectivity index is 1.46. The predicted octanol–water partition coefficient (Wildman–Crippen LogP) is 2.04. The van der Waals surface area contributed by atoms with Crippen molar-refractivity contribution in [1.29, 1.82) is 0 Å². The molecule has 2 bridgehead atoms. The number of imide groups is 1. The average Bonchev–Trinajstić information content (AvgIpc) is 3.17. The first-order valence-electron chi connectivity index (χ1n) is 7.63. The normalized spacial score (nSPS) is 30.9. The van der Waals surface area contributed by atoms with E-state index >= 15 is 0 Å². The summed E-state index contributed by atoms with van der Waals surface area (Å²) in [6, 6.07) is 7.39. The molecule has 6 heteroatoms. The van der Waals surface area contributed by atoms with Crippen LogP contribution < -0.4 is 5.32 Å². The van der Waals surface area contributed by atoms with Gasteiger partial charge in [0.1, 0.15) is 6.54 Å². The molecule has 4 rings (SSSR count). The minimum absolute atomic E-state index is 0.171. The molecule has 118 valence electrons. The number of allylic oxidation sites excluding steroid dienone is 2. The molecule has 0 unspecified atom stereocenters. The van der Waals surface area contributed by atoms with Crippen LogP contribution in [0.3, 0.4) is 0 Å². The highest BCUT2D eigenvalue weighted by Crippen LogP contribution is 2.52. The number of halogens is 1. The topological polar surface area (TPSA) is 66.5 Å².